The van der Waals surface area contributed by atoms with Gasteiger partial charge >= 0.3 is 5.97 Å². The average molecular weight is 396 g/mol. The molecule has 25 heavy (non-hydrogen) atoms. The molecule has 0 radical (unpaired) electrons. The van der Waals surface area contributed by atoms with Crippen molar-refractivity contribution in [1.29, 1.82) is 5.26 Å². The van der Waals surface area contributed by atoms with E-state index in [1.54, 1.807) is 25.3 Å². The summed E-state index contributed by atoms with van der Waals surface area (Å²) in [5, 5.41) is 9.66. The van der Waals surface area contributed by atoms with Crippen molar-refractivity contribution in [2.24, 2.45) is 0 Å². The summed E-state index contributed by atoms with van der Waals surface area (Å²) in [6, 6.07) is 16.8. The Hall–Kier alpha value is -2.84. The molecule has 0 spiro atoms. The van der Waals surface area contributed by atoms with Gasteiger partial charge in [0, 0.05) is 15.6 Å². The van der Waals surface area contributed by atoms with E-state index in [9.17, 15) is 10.1 Å². The second-order valence-electron chi connectivity index (χ2n) is 5.26. The van der Waals surface area contributed by atoms with Gasteiger partial charge in [-0.05, 0) is 48.9 Å². The van der Waals surface area contributed by atoms with Gasteiger partial charge in [0.05, 0.1) is 24.0 Å². The van der Waals surface area contributed by atoms with Crippen LogP contribution in [0.1, 0.15) is 22.8 Å². The van der Waals surface area contributed by atoms with Crippen LogP contribution in [-0.2, 0) is 4.74 Å². The van der Waals surface area contributed by atoms with Gasteiger partial charge in [0.25, 0.3) is 0 Å². The molecule has 1 heterocycles. The van der Waals surface area contributed by atoms with Crippen LogP contribution in [0.15, 0.2) is 63.7 Å². The van der Waals surface area contributed by atoms with E-state index in [1.165, 1.54) is 0 Å². The Morgan fingerprint density at radius 3 is 2.56 bits per heavy atom. The number of ether oxygens (including phenoxy) is 1. The van der Waals surface area contributed by atoms with Crippen molar-refractivity contribution >= 4 is 21.9 Å². The van der Waals surface area contributed by atoms with Gasteiger partial charge in [0.2, 0.25) is 0 Å². The number of furan rings is 1. The van der Waals surface area contributed by atoms with Crippen LogP contribution in [0, 0.1) is 11.3 Å². The number of esters is 1. The number of halogens is 1. The van der Waals surface area contributed by atoms with Gasteiger partial charge in [-0.15, -0.1) is 0 Å². The van der Waals surface area contributed by atoms with Crippen molar-refractivity contribution in [2.75, 3.05) is 6.61 Å². The van der Waals surface area contributed by atoms with E-state index < -0.39 is 5.97 Å². The molecule has 0 amide bonds. The molecule has 5 heteroatoms. The highest BCUT2D eigenvalue weighted by atomic mass is 79.9. The Labute approximate surface area is 153 Å². The molecular formula is C20H14BrNO3. The van der Waals surface area contributed by atoms with Crippen LogP contribution in [0.3, 0.4) is 0 Å². The van der Waals surface area contributed by atoms with Crippen molar-refractivity contribution < 1.29 is 13.9 Å². The molecular weight excluding hydrogens is 382 g/mol. The van der Waals surface area contributed by atoms with E-state index in [0.29, 0.717) is 16.9 Å². The van der Waals surface area contributed by atoms with E-state index in [0.717, 1.165) is 10.0 Å². The average Bonchev–Trinajstić information content (AvgIpc) is 3.16. The van der Waals surface area contributed by atoms with Gasteiger partial charge in [-0.2, -0.15) is 5.26 Å². The van der Waals surface area contributed by atoms with Crippen molar-refractivity contribution in [3.63, 3.8) is 0 Å². The number of benzene rings is 2. The first kappa shape index (κ1) is 17.0. The first-order valence-electron chi connectivity index (χ1n) is 7.69. The smallest absolute Gasteiger partial charge is 0.339 e. The minimum absolute atomic E-state index is 0.233. The maximum absolute atomic E-state index is 12.4. The van der Waals surface area contributed by atoms with Crippen LogP contribution in [-0.4, -0.2) is 12.6 Å². The van der Waals surface area contributed by atoms with Crippen LogP contribution in [0.5, 0.6) is 0 Å². The summed E-state index contributed by atoms with van der Waals surface area (Å²) in [5.41, 5.74) is 2.72. The quantitative estimate of drug-likeness (QED) is 0.552. The fourth-order valence-corrected chi connectivity index (χ4v) is 2.84. The molecule has 124 valence electrons. The molecule has 0 aliphatic heterocycles. The molecule has 0 saturated heterocycles. The Bertz CT molecular complexity index is 938. The van der Waals surface area contributed by atoms with Gasteiger partial charge in [-0.1, -0.05) is 28.1 Å². The van der Waals surface area contributed by atoms with Crippen LogP contribution in [0.25, 0.3) is 22.5 Å². The number of nitriles is 1. The summed E-state index contributed by atoms with van der Waals surface area (Å²) in [5.74, 6) is 0.0965. The first-order valence-corrected chi connectivity index (χ1v) is 8.48. The van der Waals surface area contributed by atoms with Gasteiger partial charge in [-0.25, -0.2) is 4.79 Å². The third kappa shape index (κ3) is 3.49. The first-order chi connectivity index (χ1) is 12.1. The highest BCUT2D eigenvalue weighted by molar-refractivity contribution is 9.10. The zero-order valence-corrected chi connectivity index (χ0v) is 15.0. The molecule has 0 saturated carbocycles. The summed E-state index contributed by atoms with van der Waals surface area (Å²) in [6.07, 6.45) is 1.57. The van der Waals surface area contributed by atoms with Gasteiger partial charge in [0.15, 0.2) is 0 Å². The van der Waals surface area contributed by atoms with Crippen molar-refractivity contribution in [3.8, 4) is 28.5 Å². The molecule has 4 nitrogen and oxygen atoms in total. The summed E-state index contributed by atoms with van der Waals surface area (Å²) in [4.78, 5) is 12.4. The molecule has 3 aromatic rings. The Morgan fingerprint density at radius 1 is 1.20 bits per heavy atom. The molecule has 1 aromatic heterocycles. The number of hydrogen-bond acceptors (Lipinski definition) is 4. The van der Waals surface area contributed by atoms with Crippen molar-refractivity contribution in [3.05, 3.63) is 70.4 Å². The maximum atomic E-state index is 12.4. The number of nitrogens with zero attached hydrogens (tertiary/aromatic N) is 1. The predicted octanol–water partition coefficient (Wildman–Crippen LogP) is 5.42. The molecule has 0 bridgehead atoms. The molecule has 0 aliphatic carbocycles. The molecule has 0 aliphatic rings. The van der Waals surface area contributed by atoms with E-state index in [4.69, 9.17) is 9.15 Å². The Kier molecular flexibility index (Phi) is 5.01. The second-order valence-corrected chi connectivity index (χ2v) is 6.18. The largest absolute Gasteiger partial charge is 0.464 e. The zero-order valence-electron chi connectivity index (χ0n) is 13.5. The molecule has 0 unspecified atom stereocenters. The Morgan fingerprint density at radius 2 is 1.96 bits per heavy atom. The fraction of sp³-hybridized carbons (Fsp3) is 0.100. The molecule has 0 N–H and O–H groups in total. The van der Waals surface area contributed by atoms with Gasteiger partial charge in [0.1, 0.15) is 11.8 Å². The normalized spacial score (nSPS) is 10.3. The topological polar surface area (TPSA) is 63.2 Å². The van der Waals surface area contributed by atoms with Gasteiger partial charge in [-0.3, -0.25) is 0 Å². The Balaban J connectivity index is 2.26. The predicted molar refractivity (Wildman–Crippen MR) is 98.0 cm³/mol. The zero-order chi connectivity index (χ0) is 17.8. The van der Waals surface area contributed by atoms with Crippen LogP contribution >= 0.6 is 15.9 Å². The van der Waals surface area contributed by atoms with E-state index >= 15 is 0 Å². The number of carbonyl (C=O) groups is 1. The molecule has 3 rings (SSSR count). The summed E-state index contributed by atoms with van der Waals surface area (Å²) >= 11 is 3.40. The summed E-state index contributed by atoms with van der Waals surface area (Å²) < 4.78 is 11.5. The summed E-state index contributed by atoms with van der Waals surface area (Å²) in [6.45, 7) is 1.97. The minimum Gasteiger partial charge on any atom is -0.464 e. The van der Waals surface area contributed by atoms with Crippen LogP contribution in [0.4, 0.5) is 0 Å². The number of rotatable bonds is 4. The lowest BCUT2D eigenvalue weighted by Crippen LogP contribution is -2.08. The van der Waals surface area contributed by atoms with E-state index in [1.807, 2.05) is 36.4 Å². The minimum atomic E-state index is -0.522. The SMILES string of the molecule is CCOC(=O)c1cc(-c2ccco2)cc(-c2ccc(Br)cc2)c1C#N. The lowest BCUT2D eigenvalue weighted by atomic mass is 9.92. The second kappa shape index (κ2) is 7.37. The molecule has 0 atom stereocenters. The molecule has 0 fully saturated rings. The lowest BCUT2D eigenvalue weighted by Gasteiger charge is -2.12. The fourth-order valence-electron chi connectivity index (χ4n) is 2.57. The summed E-state index contributed by atoms with van der Waals surface area (Å²) in [7, 11) is 0. The third-order valence-corrected chi connectivity index (χ3v) is 4.24. The van der Waals surface area contributed by atoms with Crippen LogP contribution < -0.4 is 0 Å². The lowest BCUT2D eigenvalue weighted by molar-refractivity contribution is 0.0526. The number of hydrogen-bond donors (Lipinski definition) is 0. The number of carbonyl (C=O) groups excluding carboxylic acids is 1. The highest BCUT2D eigenvalue weighted by Crippen LogP contribution is 2.33. The van der Waals surface area contributed by atoms with E-state index in [2.05, 4.69) is 22.0 Å². The monoisotopic (exact) mass is 395 g/mol. The third-order valence-electron chi connectivity index (χ3n) is 3.71. The van der Waals surface area contributed by atoms with Crippen LogP contribution in [0.2, 0.25) is 0 Å². The highest BCUT2D eigenvalue weighted by Gasteiger charge is 2.20. The van der Waals surface area contributed by atoms with Crippen molar-refractivity contribution in [1.82, 2.24) is 0 Å². The maximum Gasteiger partial charge on any atom is 0.339 e. The molecule has 2 aromatic carbocycles. The van der Waals surface area contributed by atoms with Crippen molar-refractivity contribution in [2.45, 2.75) is 6.92 Å². The van der Waals surface area contributed by atoms with Gasteiger partial charge < -0.3 is 9.15 Å². The standard InChI is InChI=1S/C20H14BrNO3/c1-2-24-20(23)17-11-14(19-4-3-9-25-19)10-16(18(17)12-22)13-5-7-15(21)8-6-13/h3-11H,2H2,1H3. The van der Waals surface area contributed by atoms with E-state index in [-0.39, 0.29) is 17.7 Å².